The molecule has 0 aliphatic heterocycles. The highest BCUT2D eigenvalue weighted by atomic mass is 16.5. The third-order valence-corrected chi connectivity index (χ3v) is 2.64. The van der Waals surface area contributed by atoms with Crippen molar-refractivity contribution >= 4 is 5.95 Å². The minimum atomic E-state index is -0.467. The number of anilines is 1. The summed E-state index contributed by atoms with van der Waals surface area (Å²) in [5.41, 5.74) is 6.74. The first kappa shape index (κ1) is 13.2. The van der Waals surface area contributed by atoms with E-state index in [1.807, 2.05) is 0 Å². The molecule has 1 unspecified atom stereocenters. The molecule has 0 aliphatic carbocycles. The van der Waals surface area contributed by atoms with Crippen LogP contribution in [0.1, 0.15) is 17.5 Å². The van der Waals surface area contributed by atoms with Crippen LogP contribution in [-0.2, 0) is 6.42 Å². The zero-order chi connectivity index (χ0) is 14.0. The Morgan fingerprint density at radius 3 is 2.63 bits per heavy atom. The lowest BCUT2D eigenvalue weighted by Crippen LogP contribution is -2.15. The third kappa shape index (κ3) is 2.94. The lowest BCUT2D eigenvalue weighted by molar-refractivity contribution is 0.353. The number of hydrogen-bond acceptors (Lipinski definition) is 7. The summed E-state index contributed by atoms with van der Waals surface area (Å²) in [7, 11) is 3.61. The first-order valence-electron chi connectivity index (χ1n) is 5.74. The van der Waals surface area contributed by atoms with Gasteiger partial charge in [0.05, 0.1) is 6.04 Å². The number of nitrogens with zero attached hydrogens (tertiary/aromatic N) is 3. The van der Waals surface area contributed by atoms with Gasteiger partial charge in [0, 0.05) is 14.1 Å². The largest absolute Gasteiger partial charge is 0.504 e. The molecule has 0 amide bonds. The first-order valence-corrected chi connectivity index (χ1v) is 5.74. The standard InChI is InChI=1S/C12H16N4O3/c1-16(2)12-14-11(19-15-12)8(13)5-7-3-4-9(17)10(18)6-7/h3-4,6,8,17-18H,5,13H2,1-2H3. The van der Waals surface area contributed by atoms with E-state index in [4.69, 9.17) is 10.3 Å². The van der Waals surface area contributed by atoms with Gasteiger partial charge >= 0.3 is 0 Å². The minimum absolute atomic E-state index is 0.162. The van der Waals surface area contributed by atoms with E-state index in [1.165, 1.54) is 12.1 Å². The molecule has 102 valence electrons. The van der Waals surface area contributed by atoms with E-state index in [9.17, 15) is 10.2 Å². The van der Waals surface area contributed by atoms with Gasteiger partial charge in [-0.25, -0.2) is 0 Å². The van der Waals surface area contributed by atoms with Crippen LogP contribution in [0.3, 0.4) is 0 Å². The second-order valence-corrected chi connectivity index (χ2v) is 4.46. The Morgan fingerprint density at radius 1 is 1.32 bits per heavy atom. The quantitative estimate of drug-likeness (QED) is 0.700. The van der Waals surface area contributed by atoms with Crippen molar-refractivity contribution in [3.8, 4) is 11.5 Å². The molecule has 0 saturated carbocycles. The number of benzene rings is 1. The highest BCUT2D eigenvalue weighted by Crippen LogP contribution is 2.26. The molecular formula is C12H16N4O3. The van der Waals surface area contributed by atoms with Crippen LogP contribution in [0.25, 0.3) is 0 Å². The fourth-order valence-electron chi connectivity index (χ4n) is 1.60. The monoisotopic (exact) mass is 264 g/mol. The van der Waals surface area contributed by atoms with Gasteiger partial charge in [0.25, 0.3) is 5.95 Å². The first-order chi connectivity index (χ1) is 8.97. The zero-order valence-corrected chi connectivity index (χ0v) is 10.7. The summed E-state index contributed by atoms with van der Waals surface area (Å²) in [6, 6.07) is 4.08. The van der Waals surface area contributed by atoms with E-state index in [0.717, 1.165) is 5.56 Å². The third-order valence-electron chi connectivity index (χ3n) is 2.64. The van der Waals surface area contributed by atoms with Crippen molar-refractivity contribution in [3.63, 3.8) is 0 Å². The van der Waals surface area contributed by atoms with Crippen LogP contribution in [0.5, 0.6) is 11.5 Å². The normalized spacial score (nSPS) is 12.4. The van der Waals surface area contributed by atoms with Crippen LogP contribution in [0.2, 0.25) is 0 Å². The van der Waals surface area contributed by atoms with Gasteiger partial charge in [-0.2, -0.15) is 4.98 Å². The van der Waals surface area contributed by atoms with Gasteiger partial charge in [0.15, 0.2) is 11.5 Å². The number of nitrogens with two attached hydrogens (primary N) is 1. The summed E-state index contributed by atoms with van der Waals surface area (Å²) in [6.45, 7) is 0. The molecule has 2 aromatic rings. The second kappa shape index (κ2) is 5.15. The fraction of sp³-hybridized carbons (Fsp3) is 0.333. The average molecular weight is 264 g/mol. The van der Waals surface area contributed by atoms with Crippen LogP contribution >= 0.6 is 0 Å². The van der Waals surface area contributed by atoms with E-state index >= 15 is 0 Å². The van der Waals surface area contributed by atoms with Crippen LogP contribution < -0.4 is 10.6 Å². The maximum atomic E-state index is 9.41. The molecule has 0 saturated heterocycles. The molecule has 0 spiro atoms. The summed E-state index contributed by atoms with van der Waals surface area (Å²) in [4.78, 5) is 5.87. The number of aromatic nitrogens is 2. The van der Waals surface area contributed by atoms with Gasteiger partial charge in [-0.05, 0) is 29.3 Å². The Kier molecular flexibility index (Phi) is 3.57. The molecule has 0 bridgehead atoms. The summed E-state index contributed by atoms with van der Waals surface area (Å²) >= 11 is 0. The van der Waals surface area contributed by atoms with Gasteiger partial charge in [-0.15, -0.1) is 0 Å². The highest BCUT2D eigenvalue weighted by Gasteiger charge is 2.16. The SMILES string of the molecule is CN(C)c1noc(C(N)Cc2ccc(O)c(O)c2)n1. The molecule has 7 heteroatoms. The van der Waals surface area contributed by atoms with Crippen molar-refractivity contribution < 1.29 is 14.7 Å². The molecule has 1 heterocycles. The molecule has 2 rings (SSSR count). The van der Waals surface area contributed by atoms with E-state index < -0.39 is 6.04 Å². The Morgan fingerprint density at radius 2 is 2.05 bits per heavy atom. The van der Waals surface area contributed by atoms with Crippen molar-refractivity contribution in [2.45, 2.75) is 12.5 Å². The Balaban J connectivity index is 2.11. The van der Waals surface area contributed by atoms with Crippen molar-refractivity contribution in [3.05, 3.63) is 29.7 Å². The Hall–Kier alpha value is -2.28. The van der Waals surface area contributed by atoms with Gasteiger partial charge in [-0.1, -0.05) is 6.07 Å². The highest BCUT2D eigenvalue weighted by molar-refractivity contribution is 5.40. The predicted octanol–water partition coefficient (Wildman–Crippen LogP) is 0.789. The van der Waals surface area contributed by atoms with Gasteiger partial charge in [-0.3, -0.25) is 0 Å². The Bertz CT molecular complexity index is 568. The Labute approximate surface area is 110 Å². The van der Waals surface area contributed by atoms with Crippen molar-refractivity contribution in [1.29, 1.82) is 0 Å². The number of phenols is 2. The molecule has 4 N–H and O–H groups in total. The lowest BCUT2D eigenvalue weighted by Gasteiger charge is -2.08. The van der Waals surface area contributed by atoms with Crippen LogP contribution in [0.4, 0.5) is 5.95 Å². The van der Waals surface area contributed by atoms with Crippen molar-refractivity contribution in [2.24, 2.45) is 5.73 Å². The number of rotatable bonds is 4. The summed E-state index contributed by atoms with van der Waals surface area (Å²) in [5.74, 6) is 0.449. The summed E-state index contributed by atoms with van der Waals surface area (Å²) in [5, 5.41) is 22.4. The molecule has 0 fully saturated rings. The molecule has 0 aliphatic rings. The second-order valence-electron chi connectivity index (χ2n) is 4.46. The van der Waals surface area contributed by atoms with E-state index in [-0.39, 0.29) is 11.5 Å². The maximum absolute atomic E-state index is 9.41. The fourth-order valence-corrected chi connectivity index (χ4v) is 1.60. The summed E-state index contributed by atoms with van der Waals surface area (Å²) in [6.07, 6.45) is 0.420. The number of hydrogen-bond donors (Lipinski definition) is 3. The lowest BCUT2D eigenvalue weighted by atomic mass is 10.1. The summed E-state index contributed by atoms with van der Waals surface area (Å²) < 4.78 is 5.07. The molecule has 19 heavy (non-hydrogen) atoms. The van der Waals surface area contributed by atoms with Gasteiger partial charge in [0.2, 0.25) is 5.89 Å². The molecule has 1 aromatic carbocycles. The molecular weight excluding hydrogens is 248 g/mol. The molecule has 0 radical (unpaired) electrons. The van der Waals surface area contributed by atoms with Crippen molar-refractivity contribution in [1.82, 2.24) is 10.1 Å². The number of aromatic hydroxyl groups is 2. The van der Waals surface area contributed by atoms with Gasteiger partial charge in [0.1, 0.15) is 0 Å². The van der Waals surface area contributed by atoms with Crippen LogP contribution in [-0.4, -0.2) is 34.4 Å². The topological polar surface area (TPSA) is 109 Å². The van der Waals surface area contributed by atoms with E-state index in [1.54, 1.807) is 25.1 Å². The van der Waals surface area contributed by atoms with Gasteiger partial charge < -0.3 is 25.4 Å². The smallest absolute Gasteiger partial charge is 0.265 e. The zero-order valence-electron chi connectivity index (χ0n) is 10.7. The van der Waals surface area contributed by atoms with Crippen LogP contribution in [0.15, 0.2) is 22.7 Å². The minimum Gasteiger partial charge on any atom is -0.504 e. The van der Waals surface area contributed by atoms with Crippen molar-refractivity contribution in [2.75, 3.05) is 19.0 Å². The molecule has 1 aromatic heterocycles. The molecule has 7 nitrogen and oxygen atoms in total. The van der Waals surface area contributed by atoms with Crippen LogP contribution in [0, 0.1) is 0 Å². The molecule has 1 atom stereocenters. The number of phenolic OH excluding ortho intramolecular Hbond substituents is 2. The van der Waals surface area contributed by atoms with E-state index in [2.05, 4.69) is 10.1 Å². The van der Waals surface area contributed by atoms with E-state index in [0.29, 0.717) is 18.3 Å². The average Bonchev–Trinajstić information content (AvgIpc) is 2.83. The predicted molar refractivity (Wildman–Crippen MR) is 69.0 cm³/mol. The maximum Gasteiger partial charge on any atom is 0.265 e.